The average Bonchev–Trinajstić information content (AvgIpc) is 2.54. The predicted molar refractivity (Wildman–Crippen MR) is 49.1 cm³/mol. The smallest absolute Gasteiger partial charge is 0.0303 e. The molecule has 0 radical (unpaired) electrons. The summed E-state index contributed by atoms with van der Waals surface area (Å²) in [5.41, 5.74) is 1.37. The zero-order valence-corrected chi connectivity index (χ0v) is 7.33. The fourth-order valence-corrected chi connectivity index (χ4v) is 1.81. The lowest BCUT2D eigenvalue weighted by Gasteiger charge is -2.06. The van der Waals surface area contributed by atoms with Crippen molar-refractivity contribution in [3.63, 3.8) is 0 Å². The standard InChI is InChI=1S/C10H14N2/c1-8-5-10(7-12-8)9-3-2-4-11-6-9/h2-4,6,8,10,12H,5,7H2,1H3. The van der Waals surface area contributed by atoms with Gasteiger partial charge in [0.25, 0.3) is 0 Å². The van der Waals surface area contributed by atoms with Gasteiger partial charge in [-0.3, -0.25) is 4.98 Å². The van der Waals surface area contributed by atoms with E-state index in [4.69, 9.17) is 0 Å². The minimum Gasteiger partial charge on any atom is -0.314 e. The number of hydrogen-bond acceptors (Lipinski definition) is 2. The molecule has 1 aliphatic rings. The van der Waals surface area contributed by atoms with Gasteiger partial charge in [0.2, 0.25) is 0 Å². The number of rotatable bonds is 1. The molecular formula is C10H14N2. The molecule has 0 spiro atoms. The van der Waals surface area contributed by atoms with Crippen LogP contribution >= 0.6 is 0 Å². The second-order valence-corrected chi connectivity index (χ2v) is 3.53. The summed E-state index contributed by atoms with van der Waals surface area (Å²) in [6.45, 7) is 3.34. The third-order valence-corrected chi connectivity index (χ3v) is 2.51. The number of pyridine rings is 1. The van der Waals surface area contributed by atoms with Crippen LogP contribution in [0.2, 0.25) is 0 Å². The monoisotopic (exact) mass is 162 g/mol. The molecule has 2 heterocycles. The molecule has 2 heteroatoms. The van der Waals surface area contributed by atoms with E-state index >= 15 is 0 Å². The predicted octanol–water partition coefficient (Wildman–Crippen LogP) is 1.55. The molecule has 2 unspecified atom stereocenters. The van der Waals surface area contributed by atoms with Gasteiger partial charge in [0.1, 0.15) is 0 Å². The Hall–Kier alpha value is -0.890. The lowest BCUT2D eigenvalue weighted by atomic mass is 9.98. The Kier molecular flexibility index (Phi) is 2.09. The van der Waals surface area contributed by atoms with E-state index in [0.717, 1.165) is 6.54 Å². The molecule has 0 saturated carbocycles. The van der Waals surface area contributed by atoms with E-state index in [1.165, 1.54) is 12.0 Å². The molecule has 1 aromatic heterocycles. The Morgan fingerprint density at radius 1 is 1.58 bits per heavy atom. The van der Waals surface area contributed by atoms with E-state index in [2.05, 4.69) is 23.3 Å². The van der Waals surface area contributed by atoms with Crippen molar-refractivity contribution in [1.82, 2.24) is 10.3 Å². The van der Waals surface area contributed by atoms with Crippen LogP contribution in [-0.2, 0) is 0 Å². The highest BCUT2D eigenvalue weighted by Crippen LogP contribution is 2.24. The van der Waals surface area contributed by atoms with E-state index in [0.29, 0.717) is 12.0 Å². The van der Waals surface area contributed by atoms with Crippen molar-refractivity contribution in [3.05, 3.63) is 30.1 Å². The molecule has 2 nitrogen and oxygen atoms in total. The average molecular weight is 162 g/mol. The summed E-state index contributed by atoms with van der Waals surface area (Å²) in [5, 5.41) is 3.44. The van der Waals surface area contributed by atoms with Crippen LogP contribution in [0.15, 0.2) is 24.5 Å². The van der Waals surface area contributed by atoms with E-state index < -0.39 is 0 Å². The lowest BCUT2D eigenvalue weighted by Crippen LogP contribution is -2.16. The first-order valence-electron chi connectivity index (χ1n) is 4.49. The molecule has 1 aromatic rings. The summed E-state index contributed by atoms with van der Waals surface area (Å²) in [6, 6.07) is 4.84. The summed E-state index contributed by atoms with van der Waals surface area (Å²) in [7, 11) is 0. The zero-order chi connectivity index (χ0) is 8.39. The van der Waals surface area contributed by atoms with Crippen LogP contribution in [0.4, 0.5) is 0 Å². The Morgan fingerprint density at radius 2 is 2.50 bits per heavy atom. The first-order valence-corrected chi connectivity index (χ1v) is 4.49. The van der Waals surface area contributed by atoms with E-state index in [1.807, 2.05) is 18.5 Å². The van der Waals surface area contributed by atoms with Gasteiger partial charge in [0.15, 0.2) is 0 Å². The van der Waals surface area contributed by atoms with Crippen LogP contribution in [0.5, 0.6) is 0 Å². The van der Waals surface area contributed by atoms with Gasteiger partial charge in [-0.15, -0.1) is 0 Å². The minimum absolute atomic E-state index is 0.662. The van der Waals surface area contributed by atoms with Crippen molar-refractivity contribution in [2.45, 2.75) is 25.3 Å². The summed E-state index contributed by atoms with van der Waals surface area (Å²) in [5.74, 6) is 0.675. The van der Waals surface area contributed by atoms with Gasteiger partial charge in [0.05, 0.1) is 0 Å². The van der Waals surface area contributed by atoms with Gasteiger partial charge in [-0.2, -0.15) is 0 Å². The van der Waals surface area contributed by atoms with Gasteiger partial charge in [-0.05, 0) is 30.9 Å². The molecule has 1 N–H and O–H groups in total. The molecule has 0 aromatic carbocycles. The van der Waals surface area contributed by atoms with Crippen LogP contribution in [0, 0.1) is 0 Å². The summed E-state index contributed by atoms with van der Waals surface area (Å²) >= 11 is 0. The maximum absolute atomic E-state index is 4.13. The van der Waals surface area contributed by atoms with Gasteiger partial charge >= 0.3 is 0 Å². The quantitative estimate of drug-likeness (QED) is 0.677. The fourth-order valence-electron chi connectivity index (χ4n) is 1.81. The maximum Gasteiger partial charge on any atom is 0.0303 e. The van der Waals surface area contributed by atoms with Gasteiger partial charge in [-0.25, -0.2) is 0 Å². The normalized spacial score (nSPS) is 29.1. The molecule has 1 aliphatic heterocycles. The van der Waals surface area contributed by atoms with Crippen LogP contribution in [-0.4, -0.2) is 17.6 Å². The maximum atomic E-state index is 4.13. The number of nitrogens with one attached hydrogen (secondary N) is 1. The molecule has 2 rings (SSSR count). The molecule has 1 fully saturated rings. The second kappa shape index (κ2) is 3.23. The highest BCUT2D eigenvalue weighted by Gasteiger charge is 2.21. The largest absolute Gasteiger partial charge is 0.314 e. The van der Waals surface area contributed by atoms with Crippen molar-refractivity contribution in [1.29, 1.82) is 0 Å². The molecule has 12 heavy (non-hydrogen) atoms. The summed E-state index contributed by atoms with van der Waals surface area (Å²) in [4.78, 5) is 4.13. The molecule has 1 saturated heterocycles. The first-order chi connectivity index (χ1) is 5.86. The van der Waals surface area contributed by atoms with E-state index in [9.17, 15) is 0 Å². The van der Waals surface area contributed by atoms with Gasteiger partial charge in [0, 0.05) is 25.0 Å². The second-order valence-electron chi connectivity index (χ2n) is 3.53. The molecule has 2 atom stereocenters. The van der Waals surface area contributed by atoms with Crippen molar-refractivity contribution in [2.75, 3.05) is 6.54 Å². The van der Waals surface area contributed by atoms with Crippen LogP contribution in [0.1, 0.15) is 24.8 Å². The van der Waals surface area contributed by atoms with Gasteiger partial charge < -0.3 is 5.32 Å². The number of aromatic nitrogens is 1. The van der Waals surface area contributed by atoms with E-state index in [1.54, 1.807) is 0 Å². The minimum atomic E-state index is 0.662. The first kappa shape index (κ1) is 7.74. The Bertz CT molecular complexity index is 245. The molecular weight excluding hydrogens is 148 g/mol. The van der Waals surface area contributed by atoms with Crippen molar-refractivity contribution in [2.24, 2.45) is 0 Å². The lowest BCUT2D eigenvalue weighted by molar-refractivity contribution is 0.658. The van der Waals surface area contributed by atoms with Gasteiger partial charge in [-0.1, -0.05) is 6.07 Å². The Balaban J connectivity index is 2.11. The van der Waals surface area contributed by atoms with E-state index in [-0.39, 0.29) is 0 Å². The van der Waals surface area contributed by atoms with Crippen LogP contribution < -0.4 is 5.32 Å². The van der Waals surface area contributed by atoms with Crippen molar-refractivity contribution >= 4 is 0 Å². The molecule has 0 amide bonds. The fraction of sp³-hybridized carbons (Fsp3) is 0.500. The van der Waals surface area contributed by atoms with Crippen LogP contribution in [0.25, 0.3) is 0 Å². The summed E-state index contributed by atoms with van der Waals surface area (Å²) in [6.07, 6.45) is 5.05. The van der Waals surface area contributed by atoms with Crippen molar-refractivity contribution in [3.8, 4) is 0 Å². The highest BCUT2D eigenvalue weighted by atomic mass is 14.9. The molecule has 0 bridgehead atoms. The topological polar surface area (TPSA) is 24.9 Å². The zero-order valence-electron chi connectivity index (χ0n) is 7.33. The number of nitrogens with zero attached hydrogens (tertiary/aromatic N) is 1. The molecule has 64 valence electrons. The Labute approximate surface area is 73.0 Å². The number of hydrogen-bond donors (Lipinski definition) is 1. The Morgan fingerprint density at radius 3 is 3.08 bits per heavy atom. The van der Waals surface area contributed by atoms with Crippen LogP contribution in [0.3, 0.4) is 0 Å². The van der Waals surface area contributed by atoms with Crippen molar-refractivity contribution < 1.29 is 0 Å². The molecule has 0 aliphatic carbocycles. The third-order valence-electron chi connectivity index (χ3n) is 2.51. The highest BCUT2D eigenvalue weighted by molar-refractivity contribution is 5.17. The summed E-state index contributed by atoms with van der Waals surface area (Å²) < 4.78 is 0. The third kappa shape index (κ3) is 1.48. The SMILES string of the molecule is CC1CC(c2cccnc2)CN1.